The average Bonchev–Trinajstić information content (AvgIpc) is 3.32. The van der Waals surface area contributed by atoms with Gasteiger partial charge in [0.1, 0.15) is 5.75 Å². The molecule has 0 aliphatic carbocycles. The largest absolute Gasteiger partial charge is 0.494 e. The first kappa shape index (κ1) is 22.8. The van der Waals surface area contributed by atoms with Crippen LogP contribution < -0.4 is 10.1 Å². The van der Waals surface area contributed by atoms with Gasteiger partial charge in [-0.3, -0.25) is 9.20 Å². The molecule has 2 aromatic carbocycles. The fourth-order valence-corrected chi connectivity index (χ4v) is 4.17. The molecule has 0 atom stereocenters. The van der Waals surface area contributed by atoms with Gasteiger partial charge in [-0.25, -0.2) is 4.98 Å². The van der Waals surface area contributed by atoms with Crippen molar-refractivity contribution in [2.75, 3.05) is 6.61 Å². The number of carbonyl (C=O) groups excluding carboxylic acids is 1. The Morgan fingerprint density at radius 2 is 1.90 bits per heavy atom. The van der Waals surface area contributed by atoms with Crippen LogP contribution in [0.2, 0.25) is 0 Å². The second-order valence-corrected chi connectivity index (χ2v) is 8.17. The smallest absolute Gasteiger partial charge is 0.226 e. The molecule has 0 radical (unpaired) electrons. The van der Waals surface area contributed by atoms with Crippen LogP contribution in [-0.4, -0.2) is 21.9 Å². The quantitative estimate of drug-likeness (QED) is 0.408. The van der Waals surface area contributed by atoms with E-state index < -0.39 is 0 Å². The van der Waals surface area contributed by atoms with Gasteiger partial charge in [0.05, 0.1) is 18.7 Å². The molecule has 0 bridgehead atoms. The molecule has 2 aromatic heterocycles. The van der Waals surface area contributed by atoms with Gasteiger partial charge in [0.15, 0.2) is 4.96 Å². The Morgan fingerprint density at radius 3 is 2.61 bits per heavy atom. The number of thiazole rings is 1. The van der Waals surface area contributed by atoms with Crippen molar-refractivity contribution in [3.8, 4) is 17.0 Å². The minimum atomic E-state index is -0.00925. The maximum absolute atomic E-state index is 12.5. The predicted molar refractivity (Wildman–Crippen MR) is 128 cm³/mol. The summed E-state index contributed by atoms with van der Waals surface area (Å²) < 4.78 is 7.47. The van der Waals surface area contributed by atoms with E-state index in [0.29, 0.717) is 19.6 Å². The van der Waals surface area contributed by atoms with Gasteiger partial charge < -0.3 is 10.1 Å². The third-order valence-electron chi connectivity index (χ3n) is 5.15. The number of carbonyl (C=O) groups is 1. The number of nitrogens with zero attached hydrogens (tertiary/aromatic N) is 2. The van der Waals surface area contributed by atoms with Crippen molar-refractivity contribution in [1.29, 1.82) is 0 Å². The lowest BCUT2D eigenvalue weighted by Gasteiger charge is -2.07. The third-order valence-corrected chi connectivity index (χ3v) is 6.04. The number of imidazole rings is 1. The number of aryl methyl sites for hydroxylation is 2. The summed E-state index contributed by atoms with van der Waals surface area (Å²) >= 11 is 1.56. The summed E-state index contributed by atoms with van der Waals surface area (Å²) in [5.74, 6) is 0.831. The molecule has 0 fully saturated rings. The number of benzene rings is 2. The molecular formula is C24H26ClN3O2S. The Labute approximate surface area is 192 Å². The molecule has 4 aromatic rings. The zero-order valence-electron chi connectivity index (χ0n) is 17.8. The van der Waals surface area contributed by atoms with Gasteiger partial charge in [0.2, 0.25) is 5.91 Å². The van der Waals surface area contributed by atoms with E-state index in [1.807, 2.05) is 47.2 Å². The van der Waals surface area contributed by atoms with E-state index in [-0.39, 0.29) is 18.3 Å². The maximum Gasteiger partial charge on any atom is 0.226 e. The normalized spacial score (nSPS) is 10.7. The van der Waals surface area contributed by atoms with E-state index in [4.69, 9.17) is 9.72 Å². The van der Waals surface area contributed by atoms with Crippen LogP contribution in [0.5, 0.6) is 5.75 Å². The Balaban J connectivity index is 0.00000272. The molecule has 1 amide bonds. The maximum atomic E-state index is 12.5. The summed E-state index contributed by atoms with van der Waals surface area (Å²) in [5, 5.41) is 5.00. The first-order valence-electron chi connectivity index (χ1n) is 10.0. The first-order valence-corrected chi connectivity index (χ1v) is 10.9. The zero-order valence-corrected chi connectivity index (χ0v) is 19.5. The molecular weight excluding hydrogens is 430 g/mol. The van der Waals surface area contributed by atoms with Crippen LogP contribution in [0.1, 0.15) is 29.3 Å². The Kier molecular flexibility index (Phi) is 7.36. The van der Waals surface area contributed by atoms with Gasteiger partial charge in [-0.15, -0.1) is 23.7 Å². The molecule has 4 rings (SSSR count). The second kappa shape index (κ2) is 9.98. The van der Waals surface area contributed by atoms with Crippen molar-refractivity contribution in [2.45, 2.75) is 33.7 Å². The topological polar surface area (TPSA) is 55.6 Å². The number of rotatable bonds is 7. The molecule has 0 aliphatic rings. The second-order valence-electron chi connectivity index (χ2n) is 7.34. The molecule has 5 nitrogen and oxygen atoms in total. The number of ether oxygens (including phenoxy) is 1. The van der Waals surface area contributed by atoms with Crippen LogP contribution in [0.3, 0.4) is 0 Å². The highest BCUT2D eigenvalue weighted by Crippen LogP contribution is 2.25. The van der Waals surface area contributed by atoms with Gasteiger partial charge in [-0.2, -0.15) is 0 Å². The fraction of sp³-hybridized carbons (Fsp3) is 0.250. The molecule has 7 heteroatoms. The predicted octanol–water partition coefficient (Wildman–Crippen LogP) is 5.36. The van der Waals surface area contributed by atoms with Crippen molar-refractivity contribution in [3.63, 3.8) is 0 Å². The van der Waals surface area contributed by atoms with Gasteiger partial charge >= 0.3 is 0 Å². The van der Waals surface area contributed by atoms with E-state index in [1.54, 1.807) is 11.3 Å². The summed E-state index contributed by atoms with van der Waals surface area (Å²) in [6.07, 6.45) is 2.34. The first-order chi connectivity index (χ1) is 14.5. The van der Waals surface area contributed by atoms with Crippen LogP contribution in [0.25, 0.3) is 16.2 Å². The van der Waals surface area contributed by atoms with Crippen LogP contribution in [0.4, 0.5) is 0 Å². The van der Waals surface area contributed by atoms with Gasteiger partial charge in [-0.1, -0.05) is 24.3 Å². The molecule has 0 saturated carbocycles. The van der Waals surface area contributed by atoms with E-state index >= 15 is 0 Å². The van der Waals surface area contributed by atoms with Crippen molar-refractivity contribution in [2.24, 2.45) is 0 Å². The Bertz CT molecular complexity index is 1180. The summed E-state index contributed by atoms with van der Waals surface area (Å²) in [6.45, 7) is 7.31. The average molecular weight is 456 g/mol. The van der Waals surface area contributed by atoms with Crippen LogP contribution >= 0.6 is 23.7 Å². The molecule has 0 saturated heterocycles. The Morgan fingerprint density at radius 1 is 1.13 bits per heavy atom. The van der Waals surface area contributed by atoms with Crippen molar-refractivity contribution < 1.29 is 9.53 Å². The SMILES string of the molecule is CCOc1ccc(CNC(=O)Cc2csc3nc(-c4ccc(C)c(C)c4)cn23)cc1.Cl. The summed E-state index contributed by atoms with van der Waals surface area (Å²) in [4.78, 5) is 18.1. The minimum absolute atomic E-state index is 0. The highest BCUT2D eigenvalue weighted by atomic mass is 35.5. The van der Waals surface area contributed by atoms with Crippen molar-refractivity contribution >= 4 is 34.6 Å². The summed E-state index contributed by atoms with van der Waals surface area (Å²) in [5.41, 5.74) is 6.53. The van der Waals surface area contributed by atoms with E-state index in [0.717, 1.165) is 33.2 Å². The number of amides is 1. The molecule has 0 spiro atoms. The van der Waals surface area contributed by atoms with Gasteiger partial charge in [-0.05, 0) is 55.7 Å². The van der Waals surface area contributed by atoms with Crippen molar-refractivity contribution in [1.82, 2.24) is 14.7 Å². The fourth-order valence-electron chi connectivity index (χ4n) is 3.29. The number of hydrogen-bond donors (Lipinski definition) is 1. The third kappa shape index (κ3) is 5.27. The highest BCUT2D eigenvalue weighted by molar-refractivity contribution is 7.15. The number of aromatic nitrogens is 2. The summed E-state index contributed by atoms with van der Waals surface area (Å²) in [7, 11) is 0. The minimum Gasteiger partial charge on any atom is -0.494 e. The van der Waals surface area contributed by atoms with Crippen LogP contribution in [0, 0.1) is 13.8 Å². The van der Waals surface area contributed by atoms with E-state index in [1.165, 1.54) is 11.1 Å². The lowest BCUT2D eigenvalue weighted by atomic mass is 10.0. The molecule has 0 aliphatic heterocycles. The van der Waals surface area contributed by atoms with E-state index in [2.05, 4.69) is 37.4 Å². The van der Waals surface area contributed by atoms with Crippen LogP contribution in [-0.2, 0) is 17.8 Å². The molecule has 0 unspecified atom stereocenters. The number of halogens is 1. The molecule has 31 heavy (non-hydrogen) atoms. The molecule has 2 heterocycles. The zero-order chi connectivity index (χ0) is 21.1. The Hall–Kier alpha value is -2.83. The number of fused-ring (bicyclic) bond motifs is 1. The van der Waals surface area contributed by atoms with Crippen LogP contribution in [0.15, 0.2) is 54.0 Å². The lowest BCUT2D eigenvalue weighted by molar-refractivity contribution is -0.120. The monoisotopic (exact) mass is 455 g/mol. The number of nitrogens with one attached hydrogen (secondary N) is 1. The lowest BCUT2D eigenvalue weighted by Crippen LogP contribution is -2.24. The molecule has 1 N–H and O–H groups in total. The molecule has 162 valence electrons. The van der Waals surface area contributed by atoms with Gasteiger partial charge in [0, 0.05) is 29.4 Å². The van der Waals surface area contributed by atoms with E-state index in [9.17, 15) is 4.79 Å². The van der Waals surface area contributed by atoms with Crippen molar-refractivity contribution in [3.05, 3.63) is 76.4 Å². The standard InChI is InChI=1S/C24H25N3O2S.ClH/c1-4-29-21-9-6-18(7-10-21)13-25-23(28)12-20-15-30-24-26-22(14-27(20)24)19-8-5-16(2)17(3)11-19;/h5-11,14-15H,4,12-13H2,1-3H3,(H,25,28);1H. The summed E-state index contributed by atoms with van der Waals surface area (Å²) in [6, 6.07) is 14.2. The van der Waals surface area contributed by atoms with Gasteiger partial charge in [0.25, 0.3) is 0 Å². The number of hydrogen-bond acceptors (Lipinski definition) is 4. The highest BCUT2D eigenvalue weighted by Gasteiger charge is 2.13.